The van der Waals surface area contributed by atoms with Gasteiger partial charge in [-0.05, 0) is 30.2 Å². The molecule has 0 aliphatic rings. The Balaban J connectivity index is 1.65. The average Bonchev–Trinajstić information content (AvgIpc) is 3.06. The highest BCUT2D eigenvalue weighted by Gasteiger charge is 2.11. The fourth-order valence-electron chi connectivity index (χ4n) is 2.68. The van der Waals surface area contributed by atoms with E-state index in [0.717, 1.165) is 53.1 Å². The number of H-pyrrole nitrogens is 1. The summed E-state index contributed by atoms with van der Waals surface area (Å²) in [6.07, 6.45) is 3.32. The van der Waals surface area contributed by atoms with Gasteiger partial charge in [0.2, 0.25) is 0 Å². The highest BCUT2D eigenvalue weighted by atomic mass is 32.2. The molecule has 2 N–H and O–H groups in total. The van der Waals surface area contributed by atoms with E-state index in [9.17, 15) is 4.79 Å². The minimum Gasteiger partial charge on any atom is -0.352 e. The number of aromatic amines is 1. The summed E-state index contributed by atoms with van der Waals surface area (Å²) >= 11 is 1.62. The third-order valence-electron chi connectivity index (χ3n) is 4.06. The van der Waals surface area contributed by atoms with Crippen LogP contribution < -0.4 is 5.32 Å². The Kier molecular flexibility index (Phi) is 6.12. The molecule has 25 heavy (non-hydrogen) atoms. The first-order valence-electron chi connectivity index (χ1n) is 8.71. The van der Waals surface area contributed by atoms with Gasteiger partial charge in [-0.2, -0.15) is 0 Å². The minimum absolute atomic E-state index is 0.0110. The first-order valence-corrected chi connectivity index (χ1v) is 9.70. The predicted octanol–water partition coefficient (Wildman–Crippen LogP) is 4.78. The second-order valence-electron chi connectivity index (χ2n) is 5.97. The van der Waals surface area contributed by atoms with Crippen LogP contribution in [-0.2, 0) is 5.75 Å². The number of hydrogen-bond donors (Lipinski definition) is 2. The summed E-state index contributed by atoms with van der Waals surface area (Å²) in [5.41, 5.74) is 3.78. The summed E-state index contributed by atoms with van der Waals surface area (Å²) in [4.78, 5) is 20.3. The van der Waals surface area contributed by atoms with Gasteiger partial charge in [0, 0.05) is 17.9 Å². The van der Waals surface area contributed by atoms with Gasteiger partial charge < -0.3 is 10.3 Å². The molecule has 130 valence electrons. The van der Waals surface area contributed by atoms with Crippen LogP contribution in [0, 0.1) is 0 Å². The molecule has 0 unspecified atom stereocenters. The lowest BCUT2D eigenvalue weighted by Crippen LogP contribution is -2.25. The lowest BCUT2D eigenvalue weighted by atomic mass is 10.1. The van der Waals surface area contributed by atoms with Crippen molar-refractivity contribution in [3.63, 3.8) is 0 Å². The highest BCUT2D eigenvalue weighted by Crippen LogP contribution is 2.24. The molecule has 4 nitrogen and oxygen atoms in total. The van der Waals surface area contributed by atoms with E-state index in [1.165, 1.54) is 0 Å². The van der Waals surface area contributed by atoms with Crippen molar-refractivity contribution < 1.29 is 4.79 Å². The highest BCUT2D eigenvalue weighted by molar-refractivity contribution is 7.98. The summed E-state index contributed by atoms with van der Waals surface area (Å²) in [6, 6.07) is 15.8. The Bertz CT molecular complexity index is 811. The third kappa shape index (κ3) is 4.63. The largest absolute Gasteiger partial charge is 0.352 e. The number of carbonyl (C=O) groups is 1. The number of unbranched alkanes of at least 4 members (excludes halogenated alkanes) is 2. The average molecular weight is 353 g/mol. The van der Waals surface area contributed by atoms with Crippen LogP contribution in [0.2, 0.25) is 0 Å². The van der Waals surface area contributed by atoms with Gasteiger partial charge in [-0.3, -0.25) is 4.79 Å². The lowest BCUT2D eigenvalue weighted by molar-refractivity contribution is 0.0952. The first-order chi connectivity index (χ1) is 12.3. The fraction of sp³-hybridized carbons (Fsp3) is 0.300. The van der Waals surface area contributed by atoms with Gasteiger partial charge in [-0.15, -0.1) is 0 Å². The van der Waals surface area contributed by atoms with Crippen molar-refractivity contribution in [2.24, 2.45) is 0 Å². The number of imidazole rings is 1. The van der Waals surface area contributed by atoms with Crippen LogP contribution in [-0.4, -0.2) is 22.4 Å². The molecule has 0 atom stereocenters. The van der Waals surface area contributed by atoms with E-state index in [0.29, 0.717) is 5.75 Å². The summed E-state index contributed by atoms with van der Waals surface area (Å²) < 4.78 is 0. The molecule has 0 radical (unpaired) electrons. The molecule has 0 saturated heterocycles. The van der Waals surface area contributed by atoms with E-state index in [4.69, 9.17) is 0 Å². The smallest absolute Gasteiger partial charge is 0.251 e. The normalized spacial score (nSPS) is 10.9. The van der Waals surface area contributed by atoms with Crippen LogP contribution in [0.1, 0.15) is 42.1 Å². The molecule has 0 spiro atoms. The van der Waals surface area contributed by atoms with Crippen LogP contribution >= 0.6 is 11.8 Å². The van der Waals surface area contributed by atoms with Gasteiger partial charge in [0.15, 0.2) is 5.16 Å². The van der Waals surface area contributed by atoms with Crippen molar-refractivity contribution in [3.8, 4) is 0 Å². The van der Waals surface area contributed by atoms with Crippen LogP contribution in [0.3, 0.4) is 0 Å². The van der Waals surface area contributed by atoms with E-state index < -0.39 is 0 Å². The quantitative estimate of drug-likeness (QED) is 0.453. The number of nitrogens with one attached hydrogen (secondary N) is 2. The Hall–Kier alpha value is -2.27. The van der Waals surface area contributed by atoms with Crippen LogP contribution in [0.15, 0.2) is 53.7 Å². The second kappa shape index (κ2) is 8.72. The van der Waals surface area contributed by atoms with Crippen molar-refractivity contribution in [1.29, 1.82) is 0 Å². The van der Waals surface area contributed by atoms with Gasteiger partial charge in [-0.25, -0.2) is 4.98 Å². The number of rotatable bonds is 8. The maximum absolute atomic E-state index is 12.4. The van der Waals surface area contributed by atoms with Gasteiger partial charge in [0.1, 0.15) is 0 Å². The number of fused-ring (bicyclic) bond motifs is 1. The van der Waals surface area contributed by atoms with Gasteiger partial charge in [0.05, 0.1) is 11.0 Å². The zero-order chi connectivity index (χ0) is 17.5. The number of nitrogens with zero attached hydrogens (tertiary/aromatic N) is 1. The number of aromatic nitrogens is 2. The molecule has 2 aromatic carbocycles. The maximum Gasteiger partial charge on any atom is 0.251 e. The standard InChI is InChI=1S/C20H23N3OS/c1-2-3-8-13-21-19(24)16-10-5-4-9-15(16)14-25-20-22-17-11-6-7-12-18(17)23-20/h4-7,9-12H,2-3,8,13-14H2,1H3,(H,21,24)(H,22,23). The molecule has 1 heterocycles. The van der Waals surface area contributed by atoms with Gasteiger partial charge in [0.25, 0.3) is 5.91 Å². The summed E-state index contributed by atoms with van der Waals surface area (Å²) in [5.74, 6) is 0.718. The van der Waals surface area contributed by atoms with Crippen molar-refractivity contribution in [2.45, 2.75) is 37.1 Å². The molecule has 3 rings (SSSR count). The van der Waals surface area contributed by atoms with Crippen molar-refractivity contribution >= 4 is 28.7 Å². The Morgan fingerprint density at radius 3 is 2.76 bits per heavy atom. The van der Waals surface area contributed by atoms with E-state index in [-0.39, 0.29) is 5.91 Å². The molecule has 1 aromatic heterocycles. The van der Waals surface area contributed by atoms with E-state index >= 15 is 0 Å². The summed E-state index contributed by atoms with van der Waals surface area (Å²) in [6.45, 7) is 2.89. The summed E-state index contributed by atoms with van der Waals surface area (Å²) in [5, 5.41) is 3.90. The monoisotopic (exact) mass is 353 g/mol. The topological polar surface area (TPSA) is 57.8 Å². The Morgan fingerprint density at radius 1 is 1.12 bits per heavy atom. The Morgan fingerprint density at radius 2 is 1.92 bits per heavy atom. The molecule has 0 aliphatic heterocycles. The predicted molar refractivity (Wildman–Crippen MR) is 104 cm³/mol. The number of benzene rings is 2. The minimum atomic E-state index is 0.0110. The fourth-order valence-corrected chi connectivity index (χ4v) is 3.57. The van der Waals surface area contributed by atoms with Crippen LogP contribution in [0.4, 0.5) is 0 Å². The van der Waals surface area contributed by atoms with Gasteiger partial charge in [-0.1, -0.05) is 61.9 Å². The third-order valence-corrected chi connectivity index (χ3v) is 4.98. The molecule has 0 bridgehead atoms. The van der Waals surface area contributed by atoms with Crippen molar-refractivity contribution in [2.75, 3.05) is 6.54 Å². The SMILES string of the molecule is CCCCCNC(=O)c1ccccc1CSc1nc2ccccc2[nH]1. The van der Waals surface area contributed by atoms with E-state index in [2.05, 4.69) is 22.2 Å². The van der Waals surface area contributed by atoms with Crippen molar-refractivity contribution in [3.05, 3.63) is 59.7 Å². The molecule has 3 aromatic rings. The first kappa shape index (κ1) is 17.5. The molecular weight excluding hydrogens is 330 g/mol. The summed E-state index contributed by atoms with van der Waals surface area (Å²) in [7, 11) is 0. The molecule has 5 heteroatoms. The molecule has 0 saturated carbocycles. The van der Waals surface area contributed by atoms with Gasteiger partial charge >= 0.3 is 0 Å². The number of hydrogen-bond acceptors (Lipinski definition) is 3. The van der Waals surface area contributed by atoms with Crippen molar-refractivity contribution in [1.82, 2.24) is 15.3 Å². The zero-order valence-corrected chi connectivity index (χ0v) is 15.2. The molecule has 1 amide bonds. The van der Waals surface area contributed by atoms with Crippen LogP contribution in [0.25, 0.3) is 11.0 Å². The molecule has 0 aliphatic carbocycles. The Labute approximate surface area is 152 Å². The number of amides is 1. The zero-order valence-electron chi connectivity index (χ0n) is 14.4. The van der Waals surface area contributed by atoms with E-state index in [1.807, 2.05) is 48.5 Å². The van der Waals surface area contributed by atoms with Crippen LogP contribution in [0.5, 0.6) is 0 Å². The maximum atomic E-state index is 12.4. The number of carbonyl (C=O) groups excluding carboxylic acids is 1. The molecule has 0 fully saturated rings. The second-order valence-corrected chi connectivity index (χ2v) is 6.93. The molecular formula is C20H23N3OS. The lowest BCUT2D eigenvalue weighted by Gasteiger charge is -2.09. The van der Waals surface area contributed by atoms with E-state index in [1.54, 1.807) is 11.8 Å². The number of thioether (sulfide) groups is 1. The number of para-hydroxylation sites is 2.